The fourth-order valence-corrected chi connectivity index (χ4v) is 4.79. The van der Waals surface area contributed by atoms with Gasteiger partial charge in [0, 0.05) is 52.6 Å². The van der Waals surface area contributed by atoms with Crippen molar-refractivity contribution in [3.63, 3.8) is 0 Å². The smallest absolute Gasteiger partial charge is 0.190 e. The molecule has 0 amide bonds. The highest BCUT2D eigenvalue weighted by Crippen LogP contribution is 2.35. The van der Waals surface area contributed by atoms with E-state index in [1.165, 1.54) is 18.4 Å². The van der Waals surface area contributed by atoms with Crippen LogP contribution in [-0.2, 0) is 9.47 Å². The second kappa shape index (κ2) is 15.7. The number of guanidine groups is 1. The number of nitrogens with zero attached hydrogens (tertiary/aromatic N) is 2. The van der Waals surface area contributed by atoms with Crippen LogP contribution in [0.25, 0.3) is 0 Å². The molecule has 2 aliphatic rings. The molecule has 2 aliphatic heterocycles. The monoisotopic (exact) mass is 574 g/mol. The molecule has 2 fully saturated rings. The first-order valence-corrected chi connectivity index (χ1v) is 12.2. The summed E-state index contributed by atoms with van der Waals surface area (Å²) in [5.74, 6) is 2.97. The van der Waals surface area contributed by atoms with Crippen LogP contribution >= 0.6 is 24.0 Å². The number of nitrogens with one attached hydrogen (secondary N) is 2. The van der Waals surface area contributed by atoms with Gasteiger partial charge in [0.25, 0.3) is 0 Å². The third kappa shape index (κ3) is 9.22. The van der Waals surface area contributed by atoms with Crippen LogP contribution in [-0.4, -0.2) is 78.1 Å². The molecular weight excluding hydrogens is 531 g/mol. The van der Waals surface area contributed by atoms with Gasteiger partial charge in [-0.1, -0.05) is 12.1 Å². The largest absolute Gasteiger partial charge is 0.497 e. The molecule has 8 heteroatoms. The molecule has 2 N–H and O–H groups in total. The lowest BCUT2D eigenvalue weighted by molar-refractivity contribution is 0.0203. The van der Waals surface area contributed by atoms with Gasteiger partial charge in [-0.3, -0.25) is 9.89 Å². The van der Waals surface area contributed by atoms with E-state index in [0.29, 0.717) is 17.9 Å². The van der Waals surface area contributed by atoms with Crippen molar-refractivity contribution in [1.29, 1.82) is 0 Å². The quantitative estimate of drug-likeness (QED) is 0.192. The van der Waals surface area contributed by atoms with E-state index in [-0.39, 0.29) is 24.0 Å². The molecule has 2 saturated heterocycles. The SMILES string of the molecule is CN=C(NCCCOCC1CCOCC1)NCC1CCCN(C)C1c1ccc(OC)cc1.I. The van der Waals surface area contributed by atoms with Crippen molar-refractivity contribution in [2.75, 3.05) is 67.3 Å². The summed E-state index contributed by atoms with van der Waals surface area (Å²) in [6.07, 6.45) is 5.67. The Morgan fingerprint density at radius 3 is 2.61 bits per heavy atom. The van der Waals surface area contributed by atoms with Crippen molar-refractivity contribution in [1.82, 2.24) is 15.5 Å². The number of hydrogen-bond donors (Lipinski definition) is 2. The number of aliphatic imine (C=N–C) groups is 1. The average molecular weight is 575 g/mol. The molecule has 1 aromatic rings. The summed E-state index contributed by atoms with van der Waals surface area (Å²) in [6.45, 7) is 6.31. The molecule has 33 heavy (non-hydrogen) atoms. The minimum Gasteiger partial charge on any atom is -0.497 e. The highest BCUT2D eigenvalue weighted by atomic mass is 127. The molecule has 188 valence electrons. The average Bonchev–Trinajstić information content (AvgIpc) is 2.84. The number of methoxy groups -OCH3 is 1. The van der Waals surface area contributed by atoms with Crippen LogP contribution < -0.4 is 15.4 Å². The second-order valence-electron chi connectivity index (χ2n) is 8.97. The predicted molar refractivity (Wildman–Crippen MR) is 145 cm³/mol. The zero-order chi connectivity index (χ0) is 22.6. The molecule has 3 rings (SSSR count). The lowest BCUT2D eigenvalue weighted by Gasteiger charge is -2.40. The van der Waals surface area contributed by atoms with Crippen molar-refractivity contribution in [2.24, 2.45) is 16.8 Å². The first-order valence-electron chi connectivity index (χ1n) is 12.2. The Balaban J connectivity index is 0.00000385. The molecule has 0 spiro atoms. The fourth-order valence-electron chi connectivity index (χ4n) is 4.79. The van der Waals surface area contributed by atoms with E-state index >= 15 is 0 Å². The van der Waals surface area contributed by atoms with E-state index in [1.807, 2.05) is 7.05 Å². The Morgan fingerprint density at radius 1 is 1.15 bits per heavy atom. The van der Waals surface area contributed by atoms with Gasteiger partial charge in [-0.25, -0.2) is 0 Å². The van der Waals surface area contributed by atoms with Gasteiger partial charge >= 0.3 is 0 Å². The third-order valence-electron chi connectivity index (χ3n) is 6.67. The predicted octanol–water partition coefficient (Wildman–Crippen LogP) is 3.69. The number of halogens is 1. The molecule has 0 saturated carbocycles. The summed E-state index contributed by atoms with van der Waals surface area (Å²) < 4.78 is 16.6. The Labute approximate surface area is 217 Å². The molecule has 0 aromatic heterocycles. The van der Waals surface area contributed by atoms with E-state index in [0.717, 1.165) is 77.0 Å². The van der Waals surface area contributed by atoms with Gasteiger partial charge in [0.15, 0.2) is 5.96 Å². The number of benzene rings is 1. The number of piperidine rings is 1. The zero-order valence-electron chi connectivity index (χ0n) is 20.6. The van der Waals surface area contributed by atoms with Crippen LogP contribution in [0.2, 0.25) is 0 Å². The van der Waals surface area contributed by atoms with Crippen LogP contribution in [0, 0.1) is 11.8 Å². The molecule has 2 heterocycles. The molecule has 0 radical (unpaired) electrons. The maximum atomic E-state index is 5.86. The Hall–Kier alpha value is -1.10. The number of likely N-dealkylation sites (tertiary alicyclic amines) is 1. The van der Waals surface area contributed by atoms with Crippen LogP contribution in [0.3, 0.4) is 0 Å². The van der Waals surface area contributed by atoms with E-state index in [1.54, 1.807) is 7.11 Å². The standard InChI is InChI=1S/C25H42N4O3.HI/c1-26-25(27-13-5-15-32-19-20-11-16-31-17-12-20)28-18-22-6-4-14-29(2)24(22)21-7-9-23(30-3)10-8-21;/h7-10,20,22,24H,4-6,11-19H2,1-3H3,(H2,26,27,28);1H. The number of hydrogen-bond acceptors (Lipinski definition) is 5. The summed E-state index contributed by atoms with van der Waals surface area (Å²) in [5, 5.41) is 6.99. The van der Waals surface area contributed by atoms with Crippen LogP contribution in [0.4, 0.5) is 0 Å². The maximum Gasteiger partial charge on any atom is 0.190 e. The van der Waals surface area contributed by atoms with Crippen molar-refractivity contribution < 1.29 is 14.2 Å². The highest BCUT2D eigenvalue weighted by Gasteiger charge is 2.30. The van der Waals surface area contributed by atoms with E-state index in [9.17, 15) is 0 Å². The van der Waals surface area contributed by atoms with Crippen molar-refractivity contribution in [3.8, 4) is 5.75 Å². The molecule has 1 aromatic carbocycles. The summed E-state index contributed by atoms with van der Waals surface area (Å²) in [5.41, 5.74) is 1.35. The van der Waals surface area contributed by atoms with Crippen molar-refractivity contribution in [2.45, 2.75) is 38.1 Å². The lowest BCUT2D eigenvalue weighted by Crippen LogP contribution is -2.45. The van der Waals surface area contributed by atoms with Gasteiger partial charge in [0.2, 0.25) is 0 Å². The van der Waals surface area contributed by atoms with E-state index < -0.39 is 0 Å². The van der Waals surface area contributed by atoms with Crippen molar-refractivity contribution >= 4 is 29.9 Å². The van der Waals surface area contributed by atoms with Gasteiger partial charge in [-0.15, -0.1) is 24.0 Å². The number of ether oxygens (including phenoxy) is 3. The van der Waals surface area contributed by atoms with E-state index in [2.05, 4.69) is 51.8 Å². The first kappa shape index (κ1) is 28.1. The molecule has 2 atom stereocenters. The van der Waals surface area contributed by atoms with Gasteiger partial charge in [-0.05, 0) is 75.2 Å². The number of rotatable bonds is 10. The molecule has 7 nitrogen and oxygen atoms in total. The summed E-state index contributed by atoms with van der Waals surface area (Å²) >= 11 is 0. The highest BCUT2D eigenvalue weighted by molar-refractivity contribution is 14.0. The molecule has 2 unspecified atom stereocenters. The second-order valence-corrected chi connectivity index (χ2v) is 8.97. The molecule has 0 aliphatic carbocycles. The first-order chi connectivity index (χ1) is 15.7. The zero-order valence-corrected chi connectivity index (χ0v) is 22.9. The summed E-state index contributed by atoms with van der Waals surface area (Å²) in [4.78, 5) is 6.89. The van der Waals surface area contributed by atoms with Gasteiger partial charge in [0.05, 0.1) is 7.11 Å². The normalized spacial score (nSPS) is 22.5. The summed E-state index contributed by atoms with van der Waals surface area (Å²) in [6, 6.07) is 8.93. The lowest BCUT2D eigenvalue weighted by atomic mass is 9.85. The van der Waals surface area contributed by atoms with E-state index in [4.69, 9.17) is 14.2 Å². The maximum absolute atomic E-state index is 5.86. The topological polar surface area (TPSA) is 67.4 Å². The van der Waals surface area contributed by atoms with Crippen LogP contribution in [0.5, 0.6) is 5.75 Å². The summed E-state index contributed by atoms with van der Waals surface area (Å²) in [7, 11) is 5.78. The van der Waals surface area contributed by atoms with Crippen LogP contribution in [0.1, 0.15) is 43.7 Å². The Bertz CT molecular complexity index is 683. The van der Waals surface area contributed by atoms with Gasteiger partial charge in [0.1, 0.15) is 5.75 Å². The Kier molecular flexibility index (Phi) is 13.4. The minimum absolute atomic E-state index is 0. The molecule has 0 bridgehead atoms. The van der Waals surface area contributed by atoms with Crippen LogP contribution in [0.15, 0.2) is 29.3 Å². The Morgan fingerprint density at radius 2 is 1.91 bits per heavy atom. The minimum atomic E-state index is 0. The van der Waals surface area contributed by atoms with Gasteiger partial charge in [-0.2, -0.15) is 0 Å². The van der Waals surface area contributed by atoms with Crippen molar-refractivity contribution in [3.05, 3.63) is 29.8 Å². The third-order valence-corrected chi connectivity index (χ3v) is 6.67. The molecular formula is C25H43IN4O3. The van der Waals surface area contributed by atoms with Gasteiger partial charge < -0.3 is 24.8 Å². The fraction of sp³-hybridized carbons (Fsp3) is 0.720.